The van der Waals surface area contributed by atoms with E-state index in [-0.39, 0.29) is 17.3 Å². The van der Waals surface area contributed by atoms with Gasteiger partial charge in [0.1, 0.15) is 0 Å². The van der Waals surface area contributed by atoms with E-state index < -0.39 is 0 Å². The van der Waals surface area contributed by atoms with Gasteiger partial charge in [0.2, 0.25) is 0 Å². The summed E-state index contributed by atoms with van der Waals surface area (Å²) in [5.74, 6) is 0.219. The van der Waals surface area contributed by atoms with Crippen LogP contribution in [0.25, 0.3) is 0 Å². The van der Waals surface area contributed by atoms with Crippen LogP contribution in [0.3, 0.4) is 0 Å². The summed E-state index contributed by atoms with van der Waals surface area (Å²) in [6, 6.07) is 0. The van der Waals surface area contributed by atoms with Crippen LogP contribution in [0.4, 0.5) is 0 Å². The average Bonchev–Trinajstić information content (AvgIpc) is 2.51. The zero-order valence-corrected chi connectivity index (χ0v) is 9.43. The van der Waals surface area contributed by atoms with Gasteiger partial charge in [-0.25, -0.2) is 0 Å². The van der Waals surface area contributed by atoms with Crippen molar-refractivity contribution in [1.29, 1.82) is 0 Å². The molecule has 1 spiro atoms. The fourth-order valence-corrected chi connectivity index (χ4v) is 3.63. The van der Waals surface area contributed by atoms with E-state index in [0.717, 1.165) is 0 Å². The van der Waals surface area contributed by atoms with Gasteiger partial charge in [-0.15, -0.1) is 0 Å². The molecule has 0 saturated heterocycles. The van der Waals surface area contributed by atoms with E-state index in [2.05, 4.69) is 13.8 Å². The van der Waals surface area contributed by atoms with Crippen molar-refractivity contribution in [2.24, 2.45) is 16.7 Å². The molecule has 0 radical (unpaired) electrons. The van der Waals surface area contributed by atoms with Crippen LogP contribution in [-0.2, 0) is 9.53 Å². The van der Waals surface area contributed by atoms with Gasteiger partial charge < -0.3 is 4.74 Å². The molecule has 14 heavy (non-hydrogen) atoms. The van der Waals surface area contributed by atoms with E-state index in [0.29, 0.717) is 12.0 Å². The van der Waals surface area contributed by atoms with E-state index in [1.54, 1.807) is 0 Å². The molecule has 2 heteroatoms. The molecule has 2 aliphatic rings. The number of rotatable bonds is 2. The minimum Gasteiger partial charge on any atom is -0.466 e. The van der Waals surface area contributed by atoms with Gasteiger partial charge in [-0.3, -0.25) is 4.79 Å². The molecule has 2 aliphatic carbocycles. The van der Waals surface area contributed by atoms with E-state index >= 15 is 0 Å². The lowest BCUT2D eigenvalue weighted by molar-refractivity contribution is -0.146. The van der Waals surface area contributed by atoms with Crippen LogP contribution in [0.5, 0.6) is 0 Å². The predicted octanol–water partition coefficient (Wildman–Crippen LogP) is 2.77. The van der Waals surface area contributed by atoms with Gasteiger partial charge >= 0.3 is 5.97 Å². The lowest BCUT2D eigenvalue weighted by Crippen LogP contribution is -2.11. The fourth-order valence-electron chi connectivity index (χ4n) is 3.63. The second kappa shape index (κ2) is 2.98. The molecule has 0 aliphatic heterocycles. The molecular formula is C12H20O2. The summed E-state index contributed by atoms with van der Waals surface area (Å²) in [5.41, 5.74) is 0.495. The highest BCUT2D eigenvalue weighted by molar-refractivity contribution is 5.79. The molecule has 2 rings (SSSR count). The van der Waals surface area contributed by atoms with Crippen LogP contribution in [0.1, 0.15) is 46.5 Å². The summed E-state index contributed by atoms with van der Waals surface area (Å²) >= 11 is 0. The summed E-state index contributed by atoms with van der Waals surface area (Å²) in [4.78, 5) is 11.8. The van der Waals surface area contributed by atoms with E-state index in [1.165, 1.54) is 25.7 Å². The van der Waals surface area contributed by atoms with Crippen LogP contribution in [0.2, 0.25) is 0 Å². The van der Waals surface area contributed by atoms with Crippen LogP contribution in [0, 0.1) is 16.7 Å². The number of carbonyl (C=O) groups is 1. The first kappa shape index (κ1) is 10.0. The van der Waals surface area contributed by atoms with Gasteiger partial charge in [0.15, 0.2) is 0 Å². The zero-order chi connectivity index (χ0) is 10.4. The van der Waals surface area contributed by atoms with Gasteiger partial charge in [-0.05, 0) is 30.6 Å². The first-order valence-corrected chi connectivity index (χ1v) is 5.73. The van der Waals surface area contributed by atoms with Crippen molar-refractivity contribution in [2.75, 3.05) is 6.61 Å². The van der Waals surface area contributed by atoms with Crippen molar-refractivity contribution in [3.63, 3.8) is 0 Å². The molecule has 2 saturated carbocycles. The lowest BCUT2D eigenvalue weighted by Gasteiger charge is -2.10. The number of hydrogen-bond acceptors (Lipinski definition) is 2. The molecule has 80 valence electrons. The SMILES string of the molecule is CCOC(=O)C1C(C)(C)C12CCCC2. The summed E-state index contributed by atoms with van der Waals surface area (Å²) in [7, 11) is 0. The van der Waals surface area contributed by atoms with Crippen molar-refractivity contribution >= 4 is 5.97 Å². The van der Waals surface area contributed by atoms with Gasteiger partial charge in [0, 0.05) is 0 Å². The molecule has 0 aromatic rings. The van der Waals surface area contributed by atoms with Crippen molar-refractivity contribution in [1.82, 2.24) is 0 Å². The Kier molecular flexibility index (Phi) is 2.13. The van der Waals surface area contributed by atoms with Crippen molar-refractivity contribution < 1.29 is 9.53 Å². The third-order valence-electron chi connectivity index (χ3n) is 4.49. The number of esters is 1. The van der Waals surface area contributed by atoms with Gasteiger partial charge in [-0.2, -0.15) is 0 Å². The van der Waals surface area contributed by atoms with Crippen LogP contribution < -0.4 is 0 Å². The first-order chi connectivity index (χ1) is 6.56. The quantitative estimate of drug-likeness (QED) is 0.635. The standard InChI is InChI=1S/C12H20O2/c1-4-14-10(13)9-11(2,3)12(9)7-5-6-8-12/h9H,4-8H2,1-3H3. The van der Waals surface area contributed by atoms with Crippen LogP contribution in [-0.4, -0.2) is 12.6 Å². The molecule has 1 unspecified atom stereocenters. The Bertz CT molecular complexity index is 249. The Balaban J connectivity index is 2.11. The van der Waals surface area contributed by atoms with E-state index in [9.17, 15) is 4.79 Å². The largest absolute Gasteiger partial charge is 0.466 e. The number of ether oxygens (including phenoxy) is 1. The maximum Gasteiger partial charge on any atom is 0.310 e. The van der Waals surface area contributed by atoms with Crippen LogP contribution >= 0.6 is 0 Å². The molecule has 0 bridgehead atoms. The van der Waals surface area contributed by atoms with Gasteiger partial charge in [0.05, 0.1) is 12.5 Å². The highest BCUT2D eigenvalue weighted by Gasteiger charge is 2.74. The molecule has 1 atom stereocenters. The number of carbonyl (C=O) groups excluding carboxylic acids is 1. The summed E-state index contributed by atoms with van der Waals surface area (Å²) in [6.07, 6.45) is 5.03. The predicted molar refractivity (Wildman–Crippen MR) is 54.8 cm³/mol. The number of hydrogen-bond donors (Lipinski definition) is 0. The highest BCUT2D eigenvalue weighted by atomic mass is 16.5. The molecular weight excluding hydrogens is 176 g/mol. The van der Waals surface area contributed by atoms with E-state index in [4.69, 9.17) is 4.74 Å². The summed E-state index contributed by atoms with van der Waals surface area (Å²) in [6.45, 7) is 6.84. The Hall–Kier alpha value is -0.530. The Morgan fingerprint density at radius 2 is 1.93 bits per heavy atom. The second-order valence-corrected chi connectivity index (χ2v) is 5.27. The summed E-state index contributed by atoms with van der Waals surface area (Å²) < 4.78 is 5.15. The third-order valence-corrected chi connectivity index (χ3v) is 4.49. The monoisotopic (exact) mass is 196 g/mol. The maximum atomic E-state index is 11.8. The van der Waals surface area contributed by atoms with Gasteiger partial charge in [-0.1, -0.05) is 26.7 Å². The topological polar surface area (TPSA) is 26.3 Å². The molecule has 2 nitrogen and oxygen atoms in total. The average molecular weight is 196 g/mol. The van der Waals surface area contributed by atoms with Crippen molar-refractivity contribution in [3.8, 4) is 0 Å². The second-order valence-electron chi connectivity index (χ2n) is 5.27. The smallest absolute Gasteiger partial charge is 0.310 e. The van der Waals surface area contributed by atoms with Crippen LogP contribution in [0.15, 0.2) is 0 Å². The zero-order valence-electron chi connectivity index (χ0n) is 9.43. The molecule has 0 amide bonds. The summed E-state index contributed by atoms with van der Waals surface area (Å²) in [5, 5.41) is 0. The molecule has 2 fully saturated rings. The molecule has 0 N–H and O–H groups in total. The fraction of sp³-hybridized carbons (Fsp3) is 0.917. The minimum absolute atomic E-state index is 0.0411. The minimum atomic E-state index is 0.0411. The maximum absolute atomic E-state index is 11.8. The van der Waals surface area contributed by atoms with Crippen molar-refractivity contribution in [2.45, 2.75) is 46.5 Å². The Labute approximate surface area is 86.0 Å². The highest BCUT2D eigenvalue weighted by Crippen LogP contribution is 2.75. The van der Waals surface area contributed by atoms with Gasteiger partial charge in [0.25, 0.3) is 0 Å². The van der Waals surface area contributed by atoms with E-state index in [1.807, 2.05) is 6.92 Å². The first-order valence-electron chi connectivity index (χ1n) is 5.73. The lowest BCUT2D eigenvalue weighted by atomic mass is 9.94. The normalized spacial score (nSPS) is 31.8. The van der Waals surface area contributed by atoms with Crippen molar-refractivity contribution in [3.05, 3.63) is 0 Å². The third kappa shape index (κ3) is 1.06. The Morgan fingerprint density at radius 1 is 1.36 bits per heavy atom. The molecule has 0 aromatic carbocycles. The molecule has 0 heterocycles. The molecule has 0 aromatic heterocycles. The Morgan fingerprint density at radius 3 is 2.43 bits per heavy atom.